The van der Waals surface area contributed by atoms with Gasteiger partial charge in [0, 0.05) is 12.3 Å². The normalized spacial score (nSPS) is 13.2. The van der Waals surface area contributed by atoms with Gasteiger partial charge in [0.2, 0.25) is 0 Å². The van der Waals surface area contributed by atoms with Crippen LogP contribution in [0.3, 0.4) is 0 Å². The molecule has 30 heavy (non-hydrogen) atoms. The number of carboxylic acid groups (broad SMARTS) is 1. The Balaban J connectivity index is 1.43. The number of rotatable bonds is 6. The van der Waals surface area contributed by atoms with Crippen molar-refractivity contribution in [3.05, 3.63) is 95.1 Å². The fourth-order valence-corrected chi connectivity index (χ4v) is 3.94. The van der Waals surface area contributed by atoms with Gasteiger partial charge in [-0.25, -0.2) is 9.59 Å². The van der Waals surface area contributed by atoms with Crippen molar-refractivity contribution in [2.75, 3.05) is 6.61 Å². The molecule has 5 heteroatoms. The van der Waals surface area contributed by atoms with Gasteiger partial charge in [-0.1, -0.05) is 78.4 Å². The second-order valence-electron chi connectivity index (χ2n) is 7.55. The Morgan fingerprint density at radius 3 is 2.07 bits per heavy atom. The lowest BCUT2D eigenvalue weighted by molar-refractivity contribution is -0.139. The van der Waals surface area contributed by atoms with Crippen LogP contribution in [0.2, 0.25) is 0 Å². The summed E-state index contributed by atoms with van der Waals surface area (Å²) in [4.78, 5) is 24.0. The number of hydrogen-bond donors (Lipinski definition) is 2. The average Bonchev–Trinajstić information content (AvgIpc) is 3.07. The van der Waals surface area contributed by atoms with E-state index < -0.39 is 18.1 Å². The molecule has 3 aromatic carbocycles. The van der Waals surface area contributed by atoms with Gasteiger partial charge in [-0.3, -0.25) is 0 Å². The average molecular weight is 401 g/mol. The maximum Gasteiger partial charge on any atom is 0.407 e. The fraction of sp³-hybridized carbons (Fsp3) is 0.200. The van der Waals surface area contributed by atoms with E-state index in [1.807, 2.05) is 67.6 Å². The van der Waals surface area contributed by atoms with E-state index in [4.69, 9.17) is 4.74 Å². The van der Waals surface area contributed by atoms with Crippen molar-refractivity contribution in [3.8, 4) is 11.1 Å². The second-order valence-corrected chi connectivity index (χ2v) is 7.55. The molecule has 0 unspecified atom stereocenters. The summed E-state index contributed by atoms with van der Waals surface area (Å²) in [7, 11) is 0. The Bertz CT molecular complexity index is 1030. The van der Waals surface area contributed by atoms with Crippen LogP contribution < -0.4 is 5.32 Å². The minimum atomic E-state index is -1.09. The molecule has 1 atom stereocenters. The summed E-state index contributed by atoms with van der Waals surface area (Å²) in [6.07, 6.45) is -0.531. The van der Waals surface area contributed by atoms with Crippen molar-refractivity contribution in [1.82, 2.24) is 5.32 Å². The van der Waals surface area contributed by atoms with Crippen molar-refractivity contribution < 1.29 is 19.4 Å². The first kappa shape index (κ1) is 19.7. The molecule has 0 fully saturated rings. The number of hydrogen-bond acceptors (Lipinski definition) is 3. The van der Waals surface area contributed by atoms with Gasteiger partial charge in [-0.05, 0) is 34.7 Å². The maximum absolute atomic E-state index is 12.4. The largest absolute Gasteiger partial charge is 0.480 e. The number of amides is 1. The van der Waals surface area contributed by atoms with Crippen LogP contribution in [0.15, 0.2) is 72.8 Å². The molecule has 2 N–H and O–H groups in total. The number of fused-ring (bicyclic) bond motifs is 3. The third-order valence-electron chi connectivity index (χ3n) is 5.49. The number of aryl methyl sites for hydroxylation is 1. The topological polar surface area (TPSA) is 75.6 Å². The predicted octanol–water partition coefficient (Wildman–Crippen LogP) is 4.53. The number of benzene rings is 3. The van der Waals surface area contributed by atoms with Crippen LogP contribution in [-0.4, -0.2) is 29.8 Å². The van der Waals surface area contributed by atoms with Crippen LogP contribution in [0.4, 0.5) is 4.79 Å². The lowest BCUT2D eigenvalue weighted by Crippen LogP contribution is -2.42. The molecule has 3 aromatic rings. The molecule has 1 aliphatic rings. The smallest absolute Gasteiger partial charge is 0.407 e. The zero-order valence-corrected chi connectivity index (χ0v) is 16.7. The Hall–Kier alpha value is -3.60. The van der Waals surface area contributed by atoms with Crippen molar-refractivity contribution in [2.24, 2.45) is 0 Å². The first-order valence-corrected chi connectivity index (χ1v) is 9.93. The summed E-state index contributed by atoms with van der Waals surface area (Å²) in [6, 6.07) is 22.7. The lowest BCUT2D eigenvalue weighted by Gasteiger charge is -2.17. The summed E-state index contributed by atoms with van der Waals surface area (Å²) < 4.78 is 5.46. The zero-order chi connectivity index (χ0) is 21.1. The minimum Gasteiger partial charge on any atom is -0.480 e. The number of carbonyl (C=O) groups is 2. The van der Waals surface area contributed by atoms with Gasteiger partial charge in [0.15, 0.2) is 0 Å². The fourth-order valence-electron chi connectivity index (χ4n) is 3.94. The van der Waals surface area contributed by atoms with E-state index in [0.29, 0.717) is 0 Å². The monoisotopic (exact) mass is 401 g/mol. The molecule has 152 valence electrons. The van der Waals surface area contributed by atoms with Gasteiger partial charge in [0.25, 0.3) is 0 Å². The van der Waals surface area contributed by atoms with Crippen LogP contribution in [-0.2, 0) is 16.0 Å². The standard InChI is InChI=1S/C25H23NO4/c1-16-10-12-17(13-11-16)14-23(24(27)28)26-25(29)30-15-22-20-8-4-2-6-18(20)19-7-3-5-9-21(19)22/h2-13,22-23H,14-15H2,1H3,(H,26,29)(H,27,28)/t23-/m0/s1. The van der Waals surface area contributed by atoms with Crippen LogP contribution in [0.25, 0.3) is 11.1 Å². The second kappa shape index (κ2) is 8.41. The van der Waals surface area contributed by atoms with Crippen LogP contribution in [0.5, 0.6) is 0 Å². The molecular formula is C25H23NO4. The van der Waals surface area contributed by atoms with Gasteiger partial charge in [-0.2, -0.15) is 0 Å². The third kappa shape index (κ3) is 4.06. The molecule has 0 heterocycles. The molecule has 5 nitrogen and oxygen atoms in total. The molecule has 0 spiro atoms. The number of carbonyl (C=O) groups excluding carboxylic acids is 1. The van der Waals surface area contributed by atoms with E-state index in [9.17, 15) is 14.7 Å². The summed E-state index contributed by atoms with van der Waals surface area (Å²) >= 11 is 0. The summed E-state index contributed by atoms with van der Waals surface area (Å²) in [5.41, 5.74) is 6.44. The Labute approximate surface area is 175 Å². The molecule has 0 saturated carbocycles. The number of alkyl carbamates (subject to hydrolysis) is 1. The highest BCUT2D eigenvalue weighted by Gasteiger charge is 2.29. The molecular weight excluding hydrogens is 378 g/mol. The molecule has 0 radical (unpaired) electrons. The molecule has 0 aromatic heterocycles. The first-order chi connectivity index (χ1) is 14.5. The van der Waals surface area contributed by atoms with E-state index in [0.717, 1.165) is 33.4 Å². The Morgan fingerprint density at radius 2 is 1.50 bits per heavy atom. The molecule has 0 aliphatic heterocycles. The Kier molecular flexibility index (Phi) is 5.53. The van der Waals surface area contributed by atoms with Crippen molar-refractivity contribution in [1.29, 1.82) is 0 Å². The van der Waals surface area contributed by atoms with Crippen LogP contribution >= 0.6 is 0 Å². The van der Waals surface area contributed by atoms with Gasteiger partial charge < -0.3 is 15.2 Å². The molecule has 0 bridgehead atoms. The molecule has 1 amide bonds. The van der Waals surface area contributed by atoms with Crippen molar-refractivity contribution in [3.63, 3.8) is 0 Å². The summed E-state index contributed by atoms with van der Waals surface area (Å²) in [6.45, 7) is 2.12. The SMILES string of the molecule is Cc1ccc(C[C@H](NC(=O)OCC2c3ccccc3-c3ccccc32)C(=O)O)cc1. The quantitative estimate of drug-likeness (QED) is 0.636. The van der Waals surface area contributed by atoms with E-state index in [1.165, 1.54) is 0 Å². The number of nitrogens with one attached hydrogen (secondary N) is 1. The predicted molar refractivity (Wildman–Crippen MR) is 115 cm³/mol. The van der Waals surface area contributed by atoms with Gasteiger partial charge in [-0.15, -0.1) is 0 Å². The van der Waals surface area contributed by atoms with E-state index >= 15 is 0 Å². The minimum absolute atomic E-state index is 0.0662. The Morgan fingerprint density at radius 1 is 0.933 bits per heavy atom. The van der Waals surface area contributed by atoms with Gasteiger partial charge in [0.05, 0.1) is 0 Å². The molecule has 4 rings (SSSR count). The van der Waals surface area contributed by atoms with Crippen molar-refractivity contribution >= 4 is 12.1 Å². The van der Waals surface area contributed by atoms with Gasteiger partial charge in [0.1, 0.15) is 12.6 Å². The van der Waals surface area contributed by atoms with Crippen LogP contribution in [0, 0.1) is 6.92 Å². The van der Waals surface area contributed by atoms with Gasteiger partial charge >= 0.3 is 12.1 Å². The highest BCUT2D eigenvalue weighted by molar-refractivity contribution is 5.81. The van der Waals surface area contributed by atoms with E-state index in [2.05, 4.69) is 17.4 Å². The zero-order valence-electron chi connectivity index (χ0n) is 16.7. The van der Waals surface area contributed by atoms with Crippen LogP contribution in [0.1, 0.15) is 28.2 Å². The highest BCUT2D eigenvalue weighted by Crippen LogP contribution is 2.44. The van der Waals surface area contributed by atoms with Crippen molar-refractivity contribution in [2.45, 2.75) is 25.3 Å². The molecule has 1 aliphatic carbocycles. The lowest BCUT2D eigenvalue weighted by atomic mass is 9.98. The molecule has 0 saturated heterocycles. The first-order valence-electron chi connectivity index (χ1n) is 9.93. The highest BCUT2D eigenvalue weighted by atomic mass is 16.5. The maximum atomic E-state index is 12.4. The van der Waals surface area contributed by atoms with E-state index in [-0.39, 0.29) is 18.9 Å². The summed E-state index contributed by atoms with van der Waals surface area (Å²) in [5.74, 6) is -1.16. The number of carboxylic acids is 1. The summed E-state index contributed by atoms with van der Waals surface area (Å²) in [5, 5.41) is 12.0. The number of ether oxygens (including phenoxy) is 1. The number of aliphatic carboxylic acids is 1. The third-order valence-corrected chi connectivity index (χ3v) is 5.49. The van der Waals surface area contributed by atoms with E-state index in [1.54, 1.807) is 0 Å².